The number of likely N-dealkylation sites (tertiary alicyclic amines) is 2. The minimum Gasteiger partial charge on any atom is -0.359 e. The molecule has 6 rings (SSSR count). The quantitative estimate of drug-likeness (QED) is 0.304. The first-order chi connectivity index (χ1) is 21.5. The van der Waals surface area contributed by atoms with Gasteiger partial charge in [-0.25, -0.2) is 18.2 Å². The fraction of sp³-hybridized carbons (Fsp3) is 0.588. The van der Waals surface area contributed by atoms with E-state index in [0.29, 0.717) is 56.2 Å². The number of hydrogen-bond donors (Lipinski definition) is 0. The second-order valence-corrected chi connectivity index (χ2v) is 15.0. The topological polar surface area (TPSA) is 76.4 Å². The molecule has 0 N–H and O–H groups in total. The van der Waals surface area contributed by atoms with Gasteiger partial charge in [0.25, 0.3) is 0 Å². The summed E-state index contributed by atoms with van der Waals surface area (Å²) in [6, 6.07) is 4.18. The maximum Gasteiger partial charge on any atom is 0.226 e. The summed E-state index contributed by atoms with van der Waals surface area (Å²) < 4.78 is 52.3. The maximum absolute atomic E-state index is 15.2. The number of hydrogen-bond acceptors (Lipinski definition) is 6. The van der Waals surface area contributed by atoms with Crippen LogP contribution in [-0.2, 0) is 27.6 Å². The summed E-state index contributed by atoms with van der Waals surface area (Å²) in [5, 5.41) is 4.84. The van der Waals surface area contributed by atoms with Gasteiger partial charge in [0, 0.05) is 49.6 Å². The molecule has 12 heteroatoms. The van der Waals surface area contributed by atoms with Crippen LogP contribution in [0.25, 0.3) is 0 Å². The van der Waals surface area contributed by atoms with Crippen molar-refractivity contribution in [3.8, 4) is 0 Å². The summed E-state index contributed by atoms with van der Waals surface area (Å²) in [5.41, 5.74) is 0.950. The van der Waals surface area contributed by atoms with Gasteiger partial charge in [-0.2, -0.15) is 5.10 Å². The second kappa shape index (κ2) is 11.6. The van der Waals surface area contributed by atoms with Gasteiger partial charge in [-0.1, -0.05) is 17.7 Å². The molecule has 248 valence electrons. The van der Waals surface area contributed by atoms with Crippen molar-refractivity contribution < 1.29 is 22.7 Å². The van der Waals surface area contributed by atoms with Crippen molar-refractivity contribution in [3.63, 3.8) is 0 Å². The van der Waals surface area contributed by atoms with Gasteiger partial charge in [-0.15, -0.1) is 0 Å². The minimum absolute atomic E-state index is 0.0399. The SMILES string of the molecule is Cc1nc2c(cc1Cl)[C@H](C(C)(C)c1ncnn1C)OC21CCN(C(=O)[C@@H]2CCN(C(C)(C)C)C[C@H]2c2ccc(F)c(F)c2F)CC1. The van der Waals surface area contributed by atoms with Crippen LogP contribution in [0, 0.1) is 30.3 Å². The maximum atomic E-state index is 15.2. The van der Waals surface area contributed by atoms with Gasteiger partial charge in [-0.3, -0.25) is 19.4 Å². The van der Waals surface area contributed by atoms with E-state index in [4.69, 9.17) is 21.3 Å². The van der Waals surface area contributed by atoms with Gasteiger partial charge in [0.05, 0.1) is 27.9 Å². The van der Waals surface area contributed by atoms with Crippen LogP contribution in [-0.4, -0.2) is 67.2 Å². The molecule has 0 radical (unpaired) electrons. The van der Waals surface area contributed by atoms with Crippen LogP contribution in [0.3, 0.4) is 0 Å². The van der Waals surface area contributed by atoms with Gasteiger partial charge in [0.2, 0.25) is 5.91 Å². The highest BCUT2D eigenvalue weighted by Crippen LogP contribution is 2.55. The lowest BCUT2D eigenvalue weighted by Gasteiger charge is -2.47. The van der Waals surface area contributed by atoms with E-state index in [1.807, 2.05) is 24.9 Å². The molecule has 8 nitrogen and oxygen atoms in total. The van der Waals surface area contributed by atoms with E-state index >= 15 is 4.39 Å². The van der Waals surface area contributed by atoms with Gasteiger partial charge in [0.1, 0.15) is 17.8 Å². The molecular formula is C34H42ClF3N6O2. The third-order valence-corrected chi connectivity index (χ3v) is 10.8. The Hall–Kier alpha value is -3.02. The lowest BCUT2D eigenvalue weighted by atomic mass is 9.77. The Morgan fingerprint density at radius 2 is 1.74 bits per heavy atom. The first-order valence-electron chi connectivity index (χ1n) is 15.9. The number of aromatic nitrogens is 4. The van der Waals surface area contributed by atoms with E-state index in [-0.39, 0.29) is 17.0 Å². The van der Waals surface area contributed by atoms with Gasteiger partial charge in [0.15, 0.2) is 17.5 Å². The largest absolute Gasteiger partial charge is 0.359 e. The van der Waals surface area contributed by atoms with Crippen LogP contribution >= 0.6 is 11.6 Å². The molecule has 1 spiro atoms. The van der Waals surface area contributed by atoms with Gasteiger partial charge in [-0.05, 0) is 85.0 Å². The molecule has 1 amide bonds. The molecular weight excluding hydrogens is 617 g/mol. The molecule has 0 saturated carbocycles. The van der Waals surface area contributed by atoms with Crippen LogP contribution in [0.5, 0.6) is 0 Å². The molecule has 2 aromatic heterocycles. The number of fused-ring (bicyclic) bond motifs is 2. The predicted molar refractivity (Wildman–Crippen MR) is 168 cm³/mol. The Morgan fingerprint density at radius 1 is 1.04 bits per heavy atom. The summed E-state index contributed by atoms with van der Waals surface area (Å²) in [4.78, 5) is 27.7. The zero-order valence-corrected chi connectivity index (χ0v) is 28.3. The normalized spacial score (nSPS) is 23.6. The van der Waals surface area contributed by atoms with E-state index in [9.17, 15) is 13.6 Å². The van der Waals surface area contributed by atoms with Crippen molar-refractivity contribution in [3.05, 3.63) is 75.3 Å². The molecule has 5 heterocycles. The van der Waals surface area contributed by atoms with Crippen molar-refractivity contribution >= 4 is 17.5 Å². The van der Waals surface area contributed by atoms with Gasteiger partial charge >= 0.3 is 0 Å². The van der Waals surface area contributed by atoms with Gasteiger partial charge < -0.3 is 9.64 Å². The van der Waals surface area contributed by atoms with Crippen LogP contribution in [0.4, 0.5) is 13.2 Å². The monoisotopic (exact) mass is 658 g/mol. The second-order valence-electron chi connectivity index (χ2n) is 14.6. The van der Waals surface area contributed by atoms with Crippen LogP contribution in [0.1, 0.15) is 94.2 Å². The molecule has 46 heavy (non-hydrogen) atoms. The van der Waals surface area contributed by atoms with Crippen molar-refractivity contribution in [1.82, 2.24) is 29.5 Å². The molecule has 1 aromatic carbocycles. The van der Waals surface area contributed by atoms with E-state index < -0.39 is 46.4 Å². The highest BCUT2D eigenvalue weighted by Gasteiger charge is 2.54. The molecule has 3 atom stereocenters. The lowest BCUT2D eigenvalue weighted by molar-refractivity contribution is -0.153. The highest BCUT2D eigenvalue weighted by atomic mass is 35.5. The van der Waals surface area contributed by atoms with Crippen molar-refractivity contribution in [2.75, 3.05) is 26.2 Å². The molecule has 3 aliphatic rings. The number of carbonyl (C=O) groups excluding carboxylic acids is 1. The first-order valence-corrected chi connectivity index (χ1v) is 16.3. The van der Waals surface area contributed by atoms with Crippen LogP contribution in [0.15, 0.2) is 24.5 Å². The number of nitrogens with zero attached hydrogens (tertiary/aromatic N) is 6. The van der Waals surface area contributed by atoms with E-state index in [0.717, 1.165) is 23.1 Å². The zero-order chi connectivity index (χ0) is 33.3. The number of benzene rings is 1. The van der Waals surface area contributed by atoms with E-state index in [1.165, 1.54) is 12.4 Å². The number of ether oxygens (including phenoxy) is 1. The number of carbonyl (C=O) groups is 1. The number of rotatable bonds is 4. The number of pyridine rings is 1. The summed E-state index contributed by atoms with van der Waals surface area (Å²) in [7, 11) is 1.85. The van der Waals surface area contributed by atoms with Crippen molar-refractivity contribution in [2.24, 2.45) is 13.0 Å². The molecule has 3 aromatic rings. The third-order valence-electron chi connectivity index (χ3n) is 10.4. The molecule has 2 saturated heterocycles. The summed E-state index contributed by atoms with van der Waals surface area (Å²) in [6.45, 7) is 14.0. The molecule has 0 unspecified atom stereocenters. The molecule has 0 bridgehead atoms. The van der Waals surface area contributed by atoms with Crippen molar-refractivity contribution in [2.45, 2.75) is 89.4 Å². The lowest BCUT2D eigenvalue weighted by Crippen LogP contribution is -2.54. The molecule has 2 fully saturated rings. The van der Waals surface area contributed by atoms with E-state index in [2.05, 4.69) is 49.6 Å². The molecule has 3 aliphatic heterocycles. The Labute approximate surface area is 273 Å². The van der Waals surface area contributed by atoms with E-state index in [1.54, 1.807) is 4.68 Å². The smallest absolute Gasteiger partial charge is 0.226 e. The van der Waals surface area contributed by atoms with Crippen LogP contribution in [0.2, 0.25) is 5.02 Å². The van der Waals surface area contributed by atoms with Crippen molar-refractivity contribution in [1.29, 1.82) is 0 Å². The fourth-order valence-corrected chi connectivity index (χ4v) is 7.87. The Bertz CT molecular complexity index is 1660. The Morgan fingerprint density at radius 3 is 2.37 bits per heavy atom. The first kappa shape index (κ1) is 32.9. The summed E-state index contributed by atoms with van der Waals surface area (Å²) >= 11 is 6.60. The Balaban J connectivity index is 1.28. The third kappa shape index (κ3) is 5.42. The Kier molecular flexibility index (Phi) is 8.29. The summed E-state index contributed by atoms with van der Waals surface area (Å²) in [6.07, 6.45) is 2.62. The minimum atomic E-state index is -1.50. The summed E-state index contributed by atoms with van der Waals surface area (Å²) in [5.74, 6) is -4.51. The number of halogens is 4. The number of aryl methyl sites for hydroxylation is 2. The number of piperidine rings is 2. The molecule has 0 aliphatic carbocycles. The predicted octanol–water partition coefficient (Wildman–Crippen LogP) is 6.36. The zero-order valence-electron chi connectivity index (χ0n) is 27.5. The average molecular weight is 659 g/mol. The average Bonchev–Trinajstić information content (AvgIpc) is 3.58. The fourth-order valence-electron chi connectivity index (χ4n) is 7.71. The highest BCUT2D eigenvalue weighted by molar-refractivity contribution is 6.31. The number of amides is 1. The standard InChI is InChI=1S/C34H42ClF3N6O2/c1-19-24(35)16-22-28(41-19)34(46-29(22)33(5,6)31-39-18-40-42(31)7)11-14-43(15-12-34)30(45)21-10-13-44(32(2,3)4)17-23(21)20-8-9-25(36)27(38)26(20)37/h8-9,16,18,21,23,29H,10-15,17H2,1-7H3/t21-,23+,29-/m1/s1. The van der Waals surface area contributed by atoms with Crippen LogP contribution < -0.4 is 0 Å².